The summed E-state index contributed by atoms with van der Waals surface area (Å²) < 4.78 is 136. The molecular formula is C30H22ClN7O14S4. The van der Waals surface area contributed by atoms with Crippen LogP contribution >= 0.6 is 11.6 Å². The van der Waals surface area contributed by atoms with Gasteiger partial charge in [-0.2, -0.15) is 48.6 Å². The van der Waals surface area contributed by atoms with Crippen LogP contribution in [0.15, 0.2) is 96.5 Å². The van der Waals surface area contributed by atoms with Crippen molar-refractivity contribution in [2.75, 3.05) is 10.6 Å². The Bertz CT molecular complexity index is 3150. The fourth-order valence-corrected chi connectivity index (χ4v) is 8.01. The minimum absolute atomic E-state index is 0.113. The number of anilines is 4. The number of azo groups is 1. The van der Waals surface area contributed by atoms with Gasteiger partial charge in [-0.3, -0.25) is 18.2 Å². The first-order valence-corrected chi connectivity index (χ1v) is 21.0. The van der Waals surface area contributed by atoms with Gasteiger partial charge in [0.1, 0.15) is 26.9 Å². The summed E-state index contributed by atoms with van der Waals surface area (Å²) in [7, 11) is -19.8. The maximum atomic E-state index is 12.6. The molecule has 0 saturated carbocycles. The number of halogens is 1. The zero-order chi connectivity index (χ0) is 41.1. The lowest BCUT2D eigenvalue weighted by Gasteiger charge is -2.15. The predicted molar refractivity (Wildman–Crippen MR) is 197 cm³/mol. The second-order valence-corrected chi connectivity index (χ2v) is 17.5. The Labute approximate surface area is 320 Å². The lowest BCUT2D eigenvalue weighted by Crippen LogP contribution is -2.07. The van der Waals surface area contributed by atoms with E-state index in [1.54, 1.807) is 0 Å². The average molecular weight is 868 g/mol. The van der Waals surface area contributed by atoms with Crippen molar-refractivity contribution >= 4 is 108 Å². The van der Waals surface area contributed by atoms with Gasteiger partial charge in [-0.15, -0.1) is 10.2 Å². The molecule has 6 rings (SSSR count). The van der Waals surface area contributed by atoms with E-state index in [9.17, 15) is 62.1 Å². The summed E-state index contributed by atoms with van der Waals surface area (Å²) in [6.45, 7) is 1.49. The van der Waals surface area contributed by atoms with Crippen molar-refractivity contribution in [2.45, 2.75) is 26.5 Å². The third kappa shape index (κ3) is 8.15. The minimum atomic E-state index is -5.33. The van der Waals surface area contributed by atoms with Crippen molar-refractivity contribution in [1.29, 1.82) is 0 Å². The molecule has 1 heterocycles. The molecule has 0 unspecified atom stereocenters. The summed E-state index contributed by atoms with van der Waals surface area (Å²) in [5, 5.41) is 33.6. The molecule has 5 aromatic carbocycles. The molecule has 6 aromatic rings. The second-order valence-electron chi connectivity index (χ2n) is 11.5. The molecule has 0 aliphatic carbocycles. The van der Waals surface area contributed by atoms with Crippen LogP contribution in [0, 0.1) is 6.92 Å². The first-order valence-electron chi connectivity index (χ1n) is 14.9. The van der Waals surface area contributed by atoms with Crippen molar-refractivity contribution in [3.05, 3.63) is 77.6 Å². The zero-order valence-corrected chi connectivity index (χ0v) is 31.6. The molecule has 0 atom stereocenters. The quantitative estimate of drug-likeness (QED) is 0.0627. The molecular weight excluding hydrogens is 846 g/mol. The molecule has 0 spiro atoms. The van der Waals surface area contributed by atoms with Gasteiger partial charge >= 0.3 is 0 Å². The Morgan fingerprint density at radius 3 is 1.75 bits per heavy atom. The number of phenolic OH excluding ortho intramolecular Hbond substituents is 2. The van der Waals surface area contributed by atoms with E-state index < -0.39 is 111 Å². The maximum absolute atomic E-state index is 12.6. The van der Waals surface area contributed by atoms with Crippen LogP contribution in [0.25, 0.3) is 21.5 Å². The highest BCUT2D eigenvalue weighted by molar-refractivity contribution is 7.86. The van der Waals surface area contributed by atoms with Crippen molar-refractivity contribution in [1.82, 2.24) is 15.0 Å². The summed E-state index contributed by atoms with van der Waals surface area (Å²) in [6, 6.07) is 11.7. The third-order valence-corrected chi connectivity index (χ3v) is 11.4. The van der Waals surface area contributed by atoms with Crippen LogP contribution < -0.4 is 10.6 Å². The van der Waals surface area contributed by atoms with E-state index in [0.717, 1.165) is 24.3 Å². The number of aromatic nitrogens is 3. The van der Waals surface area contributed by atoms with Gasteiger partial charge in [0.05, 0.1) is 15.5 Å². The van der Waals surface area contributed by atoms with E-state index in [-0.39, 0.29) is 22.4 Å². The highest BCUT2D eigenvalue weighted by Crippen LogP contribution is 2.47. The number of nitrogens with zero attached hydrogens (tertiary/aromatic N) is 5. The lowest BCUT2D eigenvalue weighted by atomic mass is 10.1. The van der Waals surface area contributed by atoms with E-state index >= 15 is 0 Å². The van der Waals surface area contributed by atoms with Crippen molar-refractivity contribution in [3.63, 3.8) is 0 Å². The molecule has 1 aromatic heterocycles. The first-order chi connectivity index (χ1) is 25.9. The van der Waals surface area contributed by atoms with Gasteiger partial charge in [0.15, 0.2) is 5.75 Å². The highest BCUT2D eigenvalue weighted by atomic mass is 35.5. The molecule has 26 heteroatoms. The van der Waals surface area contributed by atoms with Crippen LogP contribution in [0.4, 0.5) is 34.6 Å². The summed E-state index contributed by atoms with van der Waals surface area (Å²) in [4.78, 5) is 8.85. The Kier molecular flexibility index (Phi) is 10.1. The smallest absolute Gasteiger partial charge is 0.296 e. The van der Waals surface area contributed by atoms with Gasteiger partial charge in [-0.05, 0) is 65.9 Å². The van der Waals surface area contributed by atoms with Crippen LogP contribution in [-0.2, 0) is 40.5 Å². The standard InChI is InChI=1S/C30H22ClN7O14S4/c1-13-8-15(53(41,42)43)6-7-19(13)32-29-34-28(31)35-30(36-29)33-20-11-16(54(44,45)46)9-14-10-23(56(50,51)52)26(27(40)24(14)20)38-37-25-18-5-3-2-4-17(18)22(12-21(25)39)55(47,48)49/h2-12,39-40H,1H3,(H,41,42,43)(H,44,45,46)(H,47,48,49)(H,50,51,52)(H2,32,33,34,35,36). The van der Waals surface area contributed by atoms with Crippen LogP contribution in [0.3, 0.4) is 0 Å². The predicted octanol–water partition coefficient (Wildman–Crippen LogP) is 5.44. The maximum Gasteiger partial charge on any atom is 0.296 e. The second kappa shape index (κ2) is 14.1. The topological polar surface area (TPSA) is 345 Å². The molecule has 0 radical (unpaired) electrons. The Balaban J connectivity index is 1.53. The lowest BCUT2D eigenvalue weighted by molar-refractivity contribution is 0.468. The molecule has 0 aliphatic rings. The minimum Gasteiger partial charge on any atom is -0.506 e. The summed E-state index contributed by atoms with van der Waals surface area (Å²) >= 11 is 6.12. The van der Waals surface area contributed by atoms with Crippen molar-refractivity contribution in [3.8, 4) is 11.5 Å². The Morgan fingerprint density at radius 2 is 1.18 bits per heavy atom. The molecule has 0 bridgehead atoms. The van der Waals surface area contributed by atoms with Gasteiger partial charge < -0.3 is 20.8 Å². The van der Waals surface area contributed by atoms with Gasteiger partial charge in [-0.25, -0.2) is 0 Å². The Morgan fingerprint density at radius 1 is 0.607 bits per heavy atom. The molecule has 0 fully saturated rings. The van der Waals surface area contributed by atoms with Gasteiger partial charge in [0.25, 0.3) is 40.5 Å². The molecule has 0 amide bonds. The monoisotopic (exact) mass is 867 g/mol. The molecule has 56 heavy (non-hydrogen) atoms. The summed E-state index contributed by atoms with van der Waals surface area (Å²) in [5.74, 6) is -2.68. The molecule has 292 valence electrons. The number of rotatable bonds is 10. The summed E-state index contributed by atoms with van der Waals surface area (Å²) in [5.41, 5.74) is -1.36. The number of aryl methyl sites for hydroxylation is 1. The van der Waals surface area contributed by atoms with E-state index in [0.29, 0.717) is 17.7 Å². The van der Waals surface area contributed by atoms with E-state index in [4.69, 9.17) is 11.6 Å². The molecule has 0 aliphatic heterocycles. The number of hydrogen-bond donors (Lipinski definition) is 8. The number of hydrogen-bond acceptors (Lipinski definition) is 17. The van der Waals surface area contributed by atoms with E-state index in [2.05, 4.69) is 35.8 Å². The number of phenols is 2. The highest BCUT2D eigenvalue weighted by Gasteiger charge is 2.27. The number of nitrogens with one attached hydrogen (secondary N) is 2. The van der Waals surface area contributed by atoms with Crippen molar-refractivity contribution < 1.29 is 62.1 Å². The molecule has 0 saturated heterocycles. The van der Waals surface area contributed by atoms with Crippen LogP contribution in [0.1, 0.15) is 5.56 Å². The molecule has 21 nitrogen and oxygen atoms in total. The zero-order valence-electron chi connectivity index (χ0n) is 27.5. The SMILES string of the molecule is Cc1cc(S(=O)(=O)O)ccc1Nc1nc(Cl)nc(Nc2cc(S(=O)(=O)O)cc3cc(S(=O)(=O)O)c(N=Nc4c(O)cc(S(=O)(=O)O)c5ccccc45)c(O)c23)n1. The summed E-state index contributed by atoms with van der Waals surface area (Å²) in [6.07, 6.45) is 0. The number of benzene rings is 5. The number of fused-ring (bicyclic) bond motifs is 2. The average Bonchev–Trinajstić information content (AvgIpc) is 3.07. The van der Waals surface area contributed by atoms with Crippen molar-refractivity contribution in [2.24, 2.45) is 10.2 Å². The van der Waals surface area contributed by atoms with Crippen LogP contribution in [0.2, 0.25) is 5.28 Å². The van der Waals surface area contributed by atoms with Crippen LogP contribution in [-0.4, -0.2) is 77.0 Å². The molecule has 8 N–H and O–H groups in total. The van der Waals surface area contributed by atoms with E-state index in [1.807, 2.05) is 0 Å². The van der Waals surface area contributed by atoms with Crippen LogP contribution in [0.5, 0.6) is 11.5 Å². The first kappa shape index (κ1) is 40.0. The van der Waals surface area contributed by atoms with Gasteiger partial charge in [0, 0.05) is 27.9 Å². The fraction of sp³-hybridized carbons (Fsp3) is 0.0333. The largest absolute Gasteiger partial charge is 0.506 e. The van der Waals surface area contributed by atoms with E-state index in [1.165, 1.54) is 37.3 Å². The third-order valence-electron chi connectivity index (χ3n) is 7.78. The normalized spacial score (nSPS) is 12.8. The van der Waals surface area contributed by atoms with Gasteiger partial charge in [-0.1, -0.05) is 24.3 Å². The Hall–Kier alpha value is -5.64. The fourth-order valence-electron chi connectivity index (χ4n) is 5.37. The number of aromatic hydroxyl groups is 2. The van der Waals surface area contributed by atoms with Gasteiger partial charge in [0.2, 0.25) is 17.2 Å².